The maximum atomic E-state index is 12.4. The molecule has 0 bridgehead atoms. The van der Waals surface area contributed by atoms with E-state index in [0.717, 1.165) is 5.56 Å². The third-order valence-electron chi connectivity index (χ3n) is 4.45. The number of carboxylic acids is 1. The van der Waals surface area contributed by atoms with Crippen molar-refractivity contribution in [2.75, 3.05) is 19.7 Å². The molecule has 0 fully saturated rings. The van der Waals surface area contributed by atoms with E-state index in [2.05, 4.69) is 16.0 Å². The van der Waals surface area contributed by atoms with Crippen molar-refractivity contribution in [2.24, 2.45) is 11.5 Å². The third kappa shape index (κ3) is 10.0. The molecule has 0 aliphatic rings. The SMILES string of the molecule is NCCCCC(NC(=O)C(N)CO)C(=O)NCC(=O)NC(Cc1ccccc1)C(=O)O. The summed E-state index contributed by atoms with van der Waals surface area (Å²) in [5.41, 5.74) is 11.6. The summed E-state index contributed by atoms with van der Waals surface area (Å²) >= 11 is 0. The van der Waals surface area contributed by atoms with E-state index in [4.69, 9.17) is 16.6 Å². The minimum Gasteiger partial charge on any atom is -0.480 e. The van der Waals surface area contributed by atoms with Crippen LogP contribution in [0.15, 0.2) is 30.3 Å². The van der Waals surface area contributed by atoms with Crippen molar-refractivity contribution in [2.45, 2.75) is 43.8 Å². The fourth-order valence-electron chi connectivity index (χ4n) is 2.71. The molecule has 0 heterocycles. The number of benzene rings is 1. The van der Waals surface area contributed by atoms with Crippen molar-refractivity contribution in [1.82, 2.24) is 16.0 Å². The minimum absolute atomic E-state index is 0.0900. The Morgan fingerprint density at radius 2 is 1.65 bits per heavy atom. The lowest BCUT2D eigenvalue weighted by Gasteiger charge is -2.20. The Morgan fingerprint density at radius 3 is 2.23 bits per heavy atom. The standard InChI is InChI=1S/C20H31N5O6/c21-9-5-4-8-15(25-18(28)14(22)12-26)19(29)23-11-17(27)24-16(20(30)31)10-13-6-2-1-3-7-13/h1-3,6-7,14-16,26H,4-5,8-12,21-22H2,(H,23,29)(H,24,27)(H,25,28)(H,30,31). The number of carbonyl (C=O) groups is 4. The number of hydrogen-bond acceptors (Lipinski definition) is 7. The summed E-state index contributed by atoms with van der Waals surface area (Å²) in [7, 11) is 0. The Balaban J connectivity index is 2.63. The second-order valence-corrected chi connectivity index (χ2v) is 7.00. The number of rotatable bonds is 14. The lowest BCUT2D eigenvalue weighted by Crippen LogP contribution is -2.54. The Labute approximate surface area is 180 Å². The molecule has 0 aliphatic heterocycles. The summed E-state index contributed by atoms with van der Waals surface area (Å²) in [5.74, 6) is -3.21. The highest BCUT2D eigenvalue weighted by Crippen LogP contribution is 2.04. The van der Waals surface area contributed by atoms with Gasteiger partial charge < -0.3 is 37.6 Å². The number of unbranched alkanes of at least 4 members (excludes halogenated alkanes) is 1. The normalized spacial score (nSPS) is 13.5. The number of aliphatic hydroxyl groups is 1. The van der Waals surface area contributed by atoms with E-state index in [0.29, 0.717) is 19.4 Å². The largest absolute Gasteiger partial charge is 0.480 e. The van der Waals surface area contributed by atoms with Gasteiger partial charge in [-0.1, -0.05) is 30.3 Å². The molecule has 0 saturated heterocycles. The second-order valence-electron chi connectivity index (χ2n) is 7.00. The summed E-state index contributed by atoms with van der Waals surface area (Å²) in [4.78, 5) is 48.0. The van der Waals surface area contributed by atoms with Gasteiger partial charge in [0.25, 0.3) is 0 Å². The van der Waals surface area contributed by atoms with Crippen molar-refractivity contribution in [1.29, 1.82) is 0 Å². The molecular weight excluding hydrogens is 406 g/mol. The van der Waals surface area contributed by atoms with Gasteiger partial charge in [-0.05, 0) is 31.4 Å². The van der Waals surface area contributed by atoms with Crippen molar-refractivity contribution < 1.29 is 29.4 Å². The molecule has 1 rings (SSSR count). The van der Waals surface area contributed by atoms with E-state index < -0.39 is 55.0 Å². The predicted molar refractivity (Wildman–Crippen MR) is 113 cm³/mol. The van der Waals surface area contributed by atoms with Crippen molar-refractivity contribution in [3.8, 4) is 0 Å². The van der Waals surface area contributed by atoms with Gasteiger partial charge in [0.15, 0.2) is 0 Å². The molecule has 1 aromatic rings. The summed E-state index contributed by atoms with van der Waals surface area (Å²) in [6, 6.07) is 5.51. The zero-order valence-electron chi connectivity index (χ0n) is 17.3. The fraction of sp³-hybridized carbons (Fsp3) is 0.500. The Kier molecular flexibility index (Phi) is 11.8. The monoisotopic (exact) mass is 437 g/mol. The molecule has 3 atom stereocenters. The van der Waals surface area contributed by atoms with Gasteiger partial charge in [-0.3, -0.25) is 14.4 Å². The van der Waals surface area contributed by atoms with Gasteiger partial charge in [-0.2, -0.15) is 0 Å². The van der Waals surface area contributed by atoms with E-state index in [-0.39, 0.29) is 12.8 Å². The smallest absolute Gasteiger partial charge is 0.326 e. The van der Waals surface area contributed by atoms with Crippen molar-refractivity contribution >= 4 is 23.7 Å². The van der Waals surface area contributed by atoms with Crippen LogP contribution in [0.25, 0.3) is 0 Å². The van der Waals surface area contributed by atoms with Crippen molar-refractivity contribution in [3.63, 3.8) is 0 Å². The number of hydrogen-bond donors (Lipinski definition) is 7. The van der Waals surface area contributed by atoms with Gasteiger partial charge >= 0.3 is 5.97 Å². The van der Waals surface area contributed by atoms with E-state index in [1.54, 1.807) is 30.3 Å². The number of nitrogens with one attached hydrogen (secondary N) is 3. The quantitative estimate of drug-likeness (QED) is 0.160. The Morgan fingerprint density at radius 1 is 0.968 bits per heavy atom. The summed E-state index contributed by atoms with van der Waals surface area (Å²) in [5, 5.41) is 25.5. The minimum atomic E-state index is -1.20. The molecule has 11 heteroatoms. The van der Waals surface area contributed by atoms with Crippen LogP contribution in [0.1, 0.15) is 24.8 Å². The van der Waals surface area contributed by atoms with Gasteiger partial charge in [0, 0.05) is 6.42 Å². The molecule has 0 aromatic heterocycles. The summed E-state index contributed by atoms with van der Waals surface area (Å²) < 4.78 is 0. The van der Waals surface area contributed by atoms with Gasteiger partial charge in [-0.25, -0.2) is 4.79 Å². The molecule has 0 spiro atoms. The van der Waals surface area contributed by atoms with Crippen LogP contribution in [0.4, 0.5) is 0 Å². The zero-order valence-corrected chi connectivity index (χ0v) is 17.3. The van der Waals surface area contributed by atoms with Gasteiger partial charge in [-0.15, -0.1) is 0 Å². The number of aliphatic hydroxyl groups excluding tert-OH is 1. The molecule has 0 saturated carbocycles. The summed E-state index contributed by atoms with van der Waals surface area (Å²) in [6.45, 7) is -0.630. The van der Waals surface area contributed by atoms with Crippen LogP contribution in [0.2, 0.25) is 0 Å². The molecule has 1 aromatic carbocycles. The Bertz CT molecular complexity index is 730. The lowest BCUT2D eigenvalue weighted by molar-refractivity contribution is -0.141. The van der Waals surface area contributed by atoms with Gasteiger partial charge in [0.1, 0.15) is 18.1 Å². The highest BCUT2D eigenvalue weighted by Gasteiger charge is 2.25. The maximum absolute atomic E-state index is 12.4. The molecule has 9 N–H and O–H groups in total. The lowest BCUT2D eigenvalue weighted by atomic mass is 10.1. The molecule has 3 unspecified atom stereocenters. The highest BCUT2D eigenvalue weighted by atomic mass is 16.4. The number of nitrogens with two attached hydrogens (primary N) is 2. The number of carbonyl (C=O) groups excluding carboxylic acids is 3. The van der Waals surface area contributed by atoms with Crippen LogP contribution in [-0.4, -0.2) is 71.7 Å². The second kappa shape index (κ2) is 14.1. The first-order chi connectivity index (χ1) is 14.8. The number of carboxylic acid groups (broad SMARTS) is 1. The molecule has 11 nitrogen and oxygen atoms in total. The van der Waals surface area contributed by atoms with E-state index >= 15 is 0 Å². The van der Waals surface area contributed by atoms with Crippen LogP contribution < -0.4 is 27.4 Å². The van der Waals surface area contributed by atoms with Crippen molar-refractivity contribution in [3.05, 3.63) is 35.9 Å². The zero-order chi connectivity index (χ0) is 23.2. The molecule has 31 heavy (non-hydrogen) atoms. The first-order valence-electron chi connectivity index (χ1n) is 9.99. The first-order valence-corrected chi connectivity index (χ1v) is 9.99. The topological polar surface area (TPSA) is 197 Å². The van der Waals surface area contributed by atoms with E-state index in [1.807, 2.05) is 0 Å². The maximum Gasteiger partial charge on any atom is 0.326 e. The molecule has 0 radical (unpaired) electrons. The molecular formula is C20H31N5O6. The van der Waals surface area contributed by atoms with Gasteiger partial charge in [0.2, 0.25) is 17.7 Å². The van der Waals surface area contributed by atoms with Crippen LogP contribution in [-0.2, 0) is 25.6 Å². The van der Waals surface area contributed by atoms with E-state index in [1.165, 1.54) is 0 Å². The summed E-state index contributed by atoms with van der Waals surface area (Å²) in [6.07, 6.45) is 1.53. The molecule has 172 valence electrons. The van der Waals surface area contributed by atoms with E-state index in [9.17, 15) is 24.3 Å². The molecule has 0 aliphatic carbocycles. The van der Waals surface area contributed by atoms with Crippen LogP contribution >= 0.6 is 0 Å². The molecule has 3 amide bonds. The fourth-order valence-corrected chi connectivity index (χ4v) is 2.71. The number of aliphatic carboxylic acids is 1. The Hall–Kier alpha value is -3.02. The van der Waals surface area contributed by atoms with Crippen LogP contribution in [0, 0.1) is 0 Å². The number of amides is 3. The highest BCUT2D eigenvalue weighted by molar-refractivity contribution is 5.92. The van der Waals surface area contributed by atoms with Crippen LogP contribution in [0.5, 0.6) is 0 Å². The average molecular weight is 437 g/mol. The first kappa shape index (κ1) is 26.0. The average Bonchev–Trinajstić information content (AvgIpc) is 2.76. The van der Waals surface area contributed by atoms with Crippen LogP contribution in [0.3, 0.4) is 0 Å². The van der Waals surface area contributed by atoms with Gasteiger partial charge in [0.05, 0.1) is 13.2 Å². The predicted octanol–water partition coefficient (Wildman–Crippen LogP) is -2.15. The third-order valence-corrected chi connectivity index (χ3v) is 4.45.